The van der Waals surface area contributed by atoms with Gasteiger partial charge in [0.05, 0.1) is 19.1 Å². The van der Waals surface area contributed by atoms with Crippen LogP contribution in [0.2, 0.25) is 0 Å². The normalized spacial score (nSPS) is 23.7. The molecule has 0 radical (unpaired) electrons. The molecule has 6 heteroatoms. The fourth-order valence-corrected chi connectivity index (χ4v) is 2.05. The summed E-state index contributed by atoms with van der Waals surface area (Å²) in [7, 11) is 0. The van der Waals surface area contributed by atoms with Gasteiger partial charge in [-0.1, -0.05) is 19.0 Å². The monoisotopic (exact) mass is 255 g/mol. The molecule has 18 heavy (non-hydrogen) atoms. The molecule has 0 spiro atoms. The summed E-state index contributed by atoms with van der Waals surface area (Å²) in [5.41, 5.74) is 0. The molecule has 6 nitrogen and oxygen atoms in total. The van der Waals surface area contributed by atoms with Crippen LogP contribution < -0.4 is 5.32 Å². The van der Waals surface area contributed by atoms with Gasteiger partial charge in [0.15, 0.2) is 5.82 Å². The summed E-state index contributed by atoms with van der Waals surface area (Å²) < 4.78 is 16.1. The Morgan fingerprint density at radius 1 is 1.39 bits per heavy atom. The molecule has 0 aromatic carbocycles. The molecule has 1 saturated heterocycles. The lowest BCUT2D eigenvalue weighted by molar-refractivity contribution is 0.114. The van der Waals surface area contributed by atoms with Gasteiger partial charge in [-0.05, 0) is 13.0 Å². The third kappa shape index (κ3) is 3.28. The lowest BCUT2D eigenvalue weighted by Gasteiger charge is -2.13. The molecule has 1 aliphatic rings. The molecule has 0 bridgehead atoms. The quantitative estimate of drug-likeness (QED) is 0.735. The van der Waals surface area contributed by atoms with Crippen LogP contribution in [-0.2, 0) is 16.1 Å². The highest BCUT2D eigenvalue weighted by atomic mass is 16.5. The van der Waals surface area contributed by atoms with E-state index in [1.165, 1.54) is 0 Å². The van der Waals surface area contributed by atoms with Gasteiger partial charge in [-0.2, -0.15) is 4.98 Å². The van der Waals surface area contributed by atoms with Gasteiger partial charge in [0.1, 0.15) is 6.61 Å². The maximum absolute atomic E-state index is 5.46. The van der Waals surface area contributed by atoms with Crippen molar-refractivity contribution in [3.8, 4) is 0 Å². The van der Waals surface area contributed by atoms with Crippen LogP contribution in [0.3, 0.4) is 0 Å². The molecular formula is C12H21N3O3. The Kier molecular flexibility index (Phi) is 5.10. The van der Waals surface area contributed by atoms with Gasteiger partial charge in [-0.3, -0.25) is 0 Å². The molecule has 0 amide bonds. The van der Waals surface area contributed by atoms with E-state index in [0.717, 1.165) is 19.6 Å². The molecule has 2 heterocycles. The fourth-order valence-electron chi connectivity index (χ4n) is 2.05. The van der Waals surface area contributed by atoms with E-state index in [2.05, 4.69) is 29.3 Å². The van der Waals surface area contributed by atoms with Crippen molar-refractivity contribution in [1.29, 1.82) is 0 Å². The second-order valence-corrected chi connectivity index (χ2v) is 4.41. The lowest BCUT2D eigenvalue weighted by atomic mass is 10.0. The summed E-state index contributed by atoms with van der Waals surface area (Å²) in [6.07, 6.45) is 0.990. The Morgan fingerprint density at radius 3 is 3.06 bits per heavy atom. The SMILES string of the molecule is CCCOCc1noc(C2COCC2NCC)n1. The highest BCUT2D eigenvalue weighted by Crippen LogP contribution is 2.24. The zero-order valence-electron chi connectivity index (χ0n) is 11.0. The Labute approximate surface area is 107 Å². The Balaban J connectivity index is 1.92. The van der Waals surface area contributed by atoms with E-state index in [1.54, 1.807) is 0 Å². The van der Waals surface area contributed by atoms with E-state index < -0.39 is 0 Å². The standard InChI is InChI=1S/C12H21N3O3/c1-3-5-16-8-11-14-12(18-15-11)9-6-17-7-10(9)13-4-2/h9-10,13H,3-8H2,1-2H3. The van der Waals surface area contributed by atoms with E-state index in [0.29, 0.717) is 31.5 Å². The molecule has 1 N–H and O–H groups in total. The summed E-state index contributed by atoms with van der Waals surface area (Å²) >= 11 is 0. The van der Waals surface area contributed by atoms with Crippen LogP contribution in [0.5, 0.6) is 0 Å². The van der Waals surface area contributed by atoms with Crippen LogP contribution >= 0.6 is 0 Å². The molecule has 2 unspecified atom stereocenters. The van der Waals surface area contributed by atoms with Gasteiger partial charge < -0.3 is 19.3 Å². The molecule has 1 aliphatic heterocycles. The Hall–Kier alpha value is -0.980. The van der Waals surface area contributed by atoms with Crippen LogP contribution in [0.4, 0.5) is 0 Å². The third-order valence-corrected chi connectivity index (χ3v) is 2.93. The summed E-state index contributed by atoms with van der Waals surface area (Å²) in [6.45, 7) is 7.52. The van der Waals surface area contributed by atoms with Crippen LogP contribution in [0.15, 0.2) is 4.52 Å². The first kappa shape index (κ1) is 13.5. The smallest absolute Gasteiger partial charge is 0.233 e. The van der Waals surface area contributed by atoms with E-state index in [-0.39, 0.29) is 12.0 Å². The molecule has 102 valence electrons. The highest BCUT2D eigenvalue weighted by molar-refractivity contribution is 5.02. The van der Waals surface area contributed by atoms with Crippen molar-refractivity contribution in [2.24, 2.45) is 0 Å². The van der Waals surface area contributed by atoms with E-state index in [4.69, 9.17) is 14.0 Å². The van der Waals surface area contributed by atoms with Gasteiger partial charge in [0, 0.05) is 12.6 Å². The summed E-state index contributed by atoms with van der Waals surface area (Å²) in [4.78, 5) is 4.37. The number of likely N-dealkylation sites (N-methyl/N-ethyl adjacent to an activating group) is 1. The number of nitrogens with zero attached hydrogens (tertiary/aromatic N) is 2. The second-order valence-electron chi connectivity index (χ2n) is 4.41. The third-order valence-electron chi connectivity index (χ3n) is 2.93. The van der Waals surface area contributed by atoms with Crippen molar-refractivity contribution in [2.75, 3.05) is 26.4 Å². The van der Waals surface area contributed by atoms with Gasteiger partial charge in [0.2, 0.25) is 5.89 Å². The molecule has 0 saturated carbocycles. The average molecular weight is 255 g/mol. The number of rotatable bonds is 7. The minimum absolute atomic E-state index is 0.150. The van der Waals surface area contributed by atoms with Gasteiger partial charge in [0.25, 0.3) is 0 Å². The zero-order valence-corrected chi connectivity index (χ0v) is 11.0. The Morgan fingerprint density at radius 2 is 2.28 bits per heavy atom. The maximum Gasteiger partial charge on any atom is 0.233 e. The van der Waals surface area contributed by atoms with E-state index in [1.807, 2.05) is 0 Å². The summed E-state index contributed by atoms with van der Waals surface area (Å²) in [6, 6.07) is 0.264. The predicted molar refractivity (Wildman–Crippen MR) is 65.3 cm³/mol. The summed E-state index contributed by atoms with van der Waals surface area (Å²) in [5, 5.41) is 7.30. The Bertz CT molecular complexity index is 356. The van der Waals surface area contributed by atoms with Crippen molar-refractivity contribution >= 4 is 0 Å². The van der Waals surface area contributed by atoms with E-state index in [9.17, 15) is 0 Å². The average Bonchev–Trinajstić information content (AvgIpc) is 2.98. The minimum Gasteiger partial charge on any atom is -0.379 e. The first-order valence-electron chi connectivity index (χ1n) is 6.56. The first-order chi connectivity index (χ1) is 8.85. The van der Waals surface area contributed by atoms with Crippen LogP contribution in [0.1, 0.15) is 37.9 Å². The van der Waals surface area contributed by atoms with Crippen LogP contribution in [-0.4, -0.2) is 42.5 Å². The molecule has 2 rings (SSSR count). The first-order valence-corrected chi connectivity index (χ1v) is 6.56. The lowest BCUT2D eigenvalue weighted by Crippen LogP contribution is -2.34. The molecule has 2 atom stereocenters. The number of hydrogen-bond donors (Lipinski definition) is 1. The van der Waals surface area contributed by atoms with Crippen molar-refractivity contribution in [3.63, 3.8) is 0 Å². The number of ether oxygens (including phenoxy) is 2. The van der Waals surface area contributed by atoms with Gasteiger partial charge in [-0.25, -0.2) is 0 Å². The van der Waals surface area contributed by atoms with Crippen molar-refractivity contribution < 1.29 is 14.0 Å². The zero-order chi connectivity index (χ0) is 12.8. The predicted octanol–water partition coefficient (Wildman–Crippen LogP) is 1.09. The largest absolute Gasteiger partial charge is 0.379 e. The highest BCUT2D eigenvalue weighted by Gasteiger charge is 2.33. The minimum atomic E-state index is 0.150. The molecular weight excluding hydrogens is 234 g/mol. The molecule has 1 aromatic heterocycles. The molecule has 1 fully saturated rings. The van der Waals surface area contributed by atoms with E-state index >= 15 is 0 Å². The fraction of sp³-hybridized carbons (Fsp3) is 0.833. The number of hydrogen-bond acceptors (Lipinski definition) is 6. The number of nitrogens with one attached hydrogen (secondary N) is 1. The summed E-state index contributed by atoms with van der Waals surface area (Å²) in [5.74, 6) is 1.41. The van der Waals surface area contributed by atoms with Crippen molar-refractivity contribution in [2.45, 2.75) is 38.8 Å². The maximum atomic E-state index is 5.46. The van der Waals surface area contributed by atoms with Crippen LogP contribution in [0.25, 0.3) is 0 Å². The van der Waals surface area contributed by atoms with Crippen molar-refractivity contribution in [3.05, 3.63) is 11.7 Å². The second kappa shape index (κ2) is 6.82. The molecule has 0 aliphatic carbocycles. The van der Waals surface area contributed by atoms with Gasteiger partial charge in [-0.15, -0.1) is 0 Å². The topological polar surface area (TPSA) is 69.4 Å². The van der Waals surface area contributed by atoms with Crippen molar-refractivity contribution in [1.82, 2.24) is 15.5 Å². The number of aromatic nitrogens is 2. The van der Waals surface area contributed by atoms with Gasteiger partial charge >= 0.3 is 0 Å². The molecule has 1 aromatic rings. The van der Waals surface area contributed by atoms with Crippen LogP contribution in [0, 0.1) is 0 Å².